The molecule has 6 heteroatoms. The summed E-state index contributed by atoms with van der Waals surface area (Å²) in [5.41, 5.74) is 1.80. The molecule has 118 valence electrons. The minimum Gasteiger partial charge on any atom is -0.396 e. The molecule has 2 N–H and O–H groups in total. The molecule has 0 aliphatic rings. The number of aliphatic hydroxyl groups is 1. The van der Waals surface area contributed by atoms with E-state index in [4.69, 9.17) is 5.11 Å². The first-order chi connectivity index (χ1) is 10.8. The van der Waals surface area contributed by atoms with E-state index in [2.05, 4.69) is 27.2 Å². The lowest BCUT2D eigenvalue weighted by atomic mass is 10.3. The van der Waals surface area contributed by atoms with E-state index < -0.39 is 0 Å². The third-order valence-electron chi connectivity index (χ3n) is 3.03. The highest BCUT2D eigenvalue weighted by molar-refractivity contribution is 7.99. The van der Waals surface area contributed by atoms with Crippen LogP contribution in [-0.2, 0) is 6.42 Å². The van der Waals surface area contributed by atoms with Gasteiger partial charge < -0.3 is 10.4 Å². The van der Waals surface area contributed by atoms with Crippen molar-refractivity contribution in [2.24, 2.45) is 0 Å². The third-order valence-corrected chi connectivity index (χ3v) is 4.10. The molecule has 0 aliphatic heterocycles. The predicted molar refractivity (Wildman–Crippen MR) is 92.2 cm³/mol. The van der Waals surface area contributed by atoms with Crippen LogP contribution in [0.3, 0.4) is 0 Å². The molecule has 0 fully saturated rings. The third kappa shape index (κ3) is 5.27. The summed E-state index contributed by atoms with van der Waals surface area (Å²) in [4.78, 5) is 13.4. The van der Waals surface area contributed by atoms with Crippen LogP contribution in [-0.4, -0.2) is 44.7 Å². The van der Waals surface area contributed by atoms with Gasteiger partial charge in [0, 0.05) is 36.9 Å². The summed E-state index contributed by atoms with van der Waals surface area (Å²) in [6, 6.07) is 7.74. The second-order valence-electron chi connectivity index (χ2n) is 4.75. The highest BCUT2D eigenvalue weighted by Crippen LogP contribution is 2.16. The van der Waals surface area contributed by atoms with Crippen molar-refractivity contribution < 1.29 is 5.11 Å². The number of pyridine rings is 1. The van der Waals surface area contributed by atoms with Gasteiger partial charge in [-0.1, -0.05) is 13.0 Å². The molecule has 0 saturated carbocycles. The Balaban J connectivity index is 1.99. The number of anilines is 1. The molecule has 0 atom stereocenters. The molecule has 2 heterocycles. The van der Waals surface area contributed by atoms with E-state index in [0.717, 1.165) is 48.1 Å². The summed E-state index contributed by atoms with van der Waals surface area (Å²) in [6.45, 7) is 3.19. The number of nitrogens with one attached hydrogen (secondary N) is 1. The molecule has 0 saturated heterocycles. The lowest BCUT2D eigenvalue weighted by Crippen LogP contribution is -2.08. The van der Waals surface area contributed by atoms with E-state index >= 15 is 0 Å². The van der Waals surface area contributed by atoms with Gasteiger partial charge in [0.25, 0.3) is 0 Å². The topological polar surface area (TPSA) is 70.9 Å². The molecule has 0 spiro atoms. The zero-order valence-electron chi connectivity index (χ0n) is 12.8. The van der Waals surface area contributed by atoms with Gasteiger partial charge in [0.05, 0.1) is 0 Å². The number of aliphatic hydroxyl groups excluding tert-OH is 1. The van der Waals surface area contributed by atoms with Crippen molar-refractivity contribution in [3.8, 4) is 11.5 Å². The number of hydrogen-bond donors (Lipinski definition) is 2. The Morgan fingerprint density at radius 2 is 2.14 bits per heavy atom. The number of aromatic nitrogens is 3. The zero-order chi connectivity index (χ0) is 15.6. The van der Waals surface area contributed by atoms with E-state index in [-0.39, 0.29) is 6.61 Å². The molecule has 2 aromatic rings. The molecule has 0 aromatic carbocycles. The minimum atomic E-state index is 0.264. The maximum Gasteiger partial charge on any atom is 0.180 e. The van der Waals surface area contributed by atoms with E-state index in [1.807, 2.05) is 36.0 Å². The maximum atomic E-state index is 8.75. The van der Waals surface area contributed by atoms with Gasteiger partial charge in [-0.05, 0) is 30.7 Å². The van der Waals surface area contributed by atoms with Gasteiger partial charge in [-0.2, -0.15) is 11.8 Å². The molecule has 0 amide bonds. The van der Waals surface area contributed by atoms with Crippen LogP contribution in [0.4, 0.5) is 5.82 Å². The number of nitrogens with zero attached hydrogens (tertiary/aromatic N) is 3. The van der Waals surface area contributed by atoms with Crippen LogP contribution in [0.5, 0.6) is 0 Å². The van der Waals surface area contributed by atoms with Crippen molar-refractivity contribution in [2.45, 2.75) is 19.8 Å². The first-order valence-electron chi connectivity index (χ1n) is 7.55. The fourth-order valence-corrected chi connectivity index (χ4v) is 2.68. The van der Waals surface area contributed by atoms with Gasteiger partial charge in [0.1, 0.15) is 11.5 Å². The Labute approximate surface area is 135 Å². The van der Waals surface area contributed by atoms with E-state index in [1.54, 1.807) is 6.20 Å². The zero-order valence-corrected chi connectivity index (χ0v) is 13.6. The minimum absolute atomic E-state index is 0.264. The summed E-state index contributed by atoms with van der Waals surface area (Å²) in [5, 5.41) is 12.1. The fourth-order valence-electron chi connectivity index (χ4n) is 1.90. The second kappa shape index (κ2) is 9.38. The number of aryl methyl sites for hydroxylation is 1. The summed E-state index contributed by atoms with van der Waals surface area (Å²) in [7, 11) is 0. The molecule has 0 radical (unpaired) electrons. The molecule has 2 rings (SSSR count). The maximum absolute atomic E-state index is 8.75. The van der Waals surface area contributed by atoms with Gasteiger partial charge in [0.2, 0.25) is 0 Å². The van der Waals surface area contributed by atoms with Gasteiger partial charge in [-0.25, -0.2) is 9.97 Å². The molecular formula is C16H22N4OS. The Morgan fingerprint density at radius 3 is 2.86 bits per heavy atom. The number of rotatable bonds is 9. The summed E-state index contributed by atoms with van der Waals surface area (Å²) >= 11 is 1.83. The van der Waals surface area contributed by atoms with Crippen molar-refractivity contribution in [2.75, 3.05) is 30.0 Å². The van der Waals surface area contributed by atoms with Gasteiger partial charge in [0.15, 0.2) is 5.82 Å². The Kier molecular flexibility index (Phi) is 7.12. The van der Waals surface area contributed by atoms with E-state index in [0.29, 0.717) is 5.82 Å². The van der Waals surface area contributed by atoms with Crippen LogP contribution in [0.15, 0.2) is 30.5 Å². The Morgan fingerprint density at radius 1 is 1.23 bits per heavy atom. The van der Waals surface area contributed by atoms with E-state index in [1.165, 1.54) is 0 Å². The largest absolute Gasteiger partial charge is 0.396 e. The van der Waals surface area contributed by atoms with Crippen LogP contribution in [0.25, 0.3) is 11.5 Å². The summed E-state index contributed by atoms with van der Waals surface area (Å²) < 4.78 is 0. The highest BCUT2D eigenvalue weighted by atomic mass is 32.2. The van der Waals surface area contributed by atoms with Crippen LogP contribution in [0.1, 0.15) is 19.0 Å². The van der Waals surface area contributed by atoms with Crippen molar-refractivity contribution in [3.63, 3.8) is 0 Å². The first kappa shape index (κ1) is 16.7. The van der Waals surface area contributed by atoms with Crippen LogP contribution in [0.2, 0.25) is 0 Å². The van der Waals surface area contributed by atoms with Crippen molar-refractivity contribution >= 4 is 17.6 Å². The lowest BCUT2D eigenvalue weighted by Gasteiger charge is -2.09. The number of thioether (sulfide) groups is 1. The quantitative estimate of drug-likeness (QED) is 0.693. The Hall–Kier alpha value is -1.66. The van der Waals surface area contributed by atoms with Crippen molar-refractivity contribution in [1.29, 1.82) is 0 Å². The summed E-state index contributed by atoms with van der Waals surface area (Å²) in [6.07, 6.45) is 3.46. The average molecular weight is 318 g/mol. The van der Waals surface area contributed by atoms with Crippen LogP contribution < -0.4 is 5.32 Å². The van der Waals surface area contributed by atoms with Crippen molar-refractivity contribution in [1.82, 2.24) is 15.0 Å². The average Bonchev–Trinajstić information content (AvgIpc) is 2.58. The monoisotopic (exact) mass is 318 g/mol. The number of hydrogen-bond acceptors (Lipinski definition) is 6. The van der Waals surface area contributed by atoms with Crippen LogP contribution in [0, 0.1) is 0 Å². The smallest absolute Gasteiger partial charge is 0.180 e. The van der Waals surface area contributed by atoms with Crippen LogP contribution >= 0.6 is 11.8 Å². The normalized spacial score (nSPS) is 10.6. The van der Waals surface area contributed by atoms with Crippen molar-refractivity contribution in [3.05, 3.63) is 36.2 Å². The predicted octanol–water partition coefficient (Wildman–Crippen LogP) is 2.63. The van der Waals surface area contributed by atoms with Gasteiger partial charge in [-0.3, -0.25) is 4.98 Å². The van der Waals surface area contributed by atoms with E-state index in [9.17, 15) is 0 Å². The molecule has 2 aromatic heterocycles. The molecule has 0 unspecified atom stereocenters. The molecular weight excluding hydrogens is 296 g/mol. The molecule has 0 bridgehead atoms. The summed E-state index contributed by atoms with van der Waals surface area (Å²) in [5.74, 6) is 3.48. The van der Waals surface area contributed by atoms with Gasteiger partial charge in [-0.15, -0.1) is 0 Å². The molecule has 5 nitrogen and oxygen atoms in total. The highest BCUT2D eigenvalue weighted by Gasteiger charge is 2.06. The second-order valence-corrected chi connectivity index (χ2v) is 5.98. The fraction of sp³-hybridized carbons (Fsp3) is 0.438. The van der Waals surface area contributed by atoms with Gasteiger partial charge >= 0.3 is 0 Å². The molecule has 0 aliphatic carbocycles. The SMILES string of the molecule is CCc1cc(NCCSCCCO)nc(-c2ccccn2)n1. The lowest BCUT2D eigenvalue weighted by molar-refractivity contribution is 0.296. The Bertz CT molecular complexity index is 565. The standard InChI is InChI=1S/C16H22N4OS/c1-2-13-12-15(18-8-11-22-10-5-9-21)20-16(19-13)14-6-3-4-7-17-14/h3-4,6-7,12,21H,2,5,8-11H2,1H3,(H,18,19,20). The molecule has 22 heavy (non-hydrogen) atoms. The first-order valence-corrected chi connectivity index (χ1v) is 8.70.